The summed E-state index contributed by atoms with van der Waals surface area (Å²) in [6.07, 6.45) is -3.10. The van der Waals surface area contributed by atoms with Crippen molar-refractivity contribution in [2.45, 2.75) is 12.6 Å². The van der Waals surface area contributed by atoms with Gasteiger partial charge < -0.3 is 5.32 Å². The summed E-state index contributed by atoms with van der Waals surface area (Å²) in [6, 6.07) is 9.73. The maximum absolute atomic E-state index is 12.9. The van der Waals surface area contributed by atoms with Crippen LogP contribution < -0.4 is 5.32 Å². The van der Waals surface area contributed by atoms with E-state index in [-0.39, 0.29) is 17.2 Å². The number of anilines is 2. The van der Waals surface area contributed by atoms with Gasteiger partial charge >= 0.3 is 6.18 Å². The SMILES string of the molecule is CS(=O)(=O)CCc1ccc(Nc2ccc3nnc(C(F)(F)F)n3n2)cc1. The Morgan fingerprint density at radius 3 is 2.38 bits per heavy atom. The van der Waals surface area contributed by atoms with E-state index in [1.165, 1.54) is 18.4 Å². The van der Waals surface area contributed by atoms with Crippen molar-refractivity contribution < 1.29 is 21.6 Å². The normalized spacial score (nSPS) is 12.5. The summed E-state index contributed by atoms with van der Waals surface area (Å²) in [5, 5.41) is 13.3. The van der Waals surface area contributed by atoms with Gasteiger partial charge in [0.1, 0.15) is 9.84 Å². The molecule has 0 bridgehead atoms. The predicted molar refractivity (Wildman–Crippen MR) is 88.9 cm³/mol. The molecule has 3 aromatic rings. The van der Waals surface area contributed by atoms with E-state index < -0.39 is 21.8 Å². The van der Waals surface area contributed by atoms with Crippen LogP contribution in [0.25, 0.3) is 5.65 Å². The summed E-state index contributed by atoms with van der Waals surface area (Å²) in [4.78, 5) is 0. The molecule has 0 aliphatic rings. The monoisotopic (exact) mass is 385 g/mol. The van der Waals surface area contributed by atoms with Crippen molar-refractivity contribution in [2.24, 2.45) is 0 Å². The summed E-state index contributed by atoms with van der Waals surface area (Å²) in [6.45, 7) is 0. The number of halogens is 3. The first-order chi connectivity index (χ1) is 12.1. The molecule has 11 heteroatoms. The van der Waals surface area contributed by atoms with E-state index in [9.17, 15) is 21.6 Å². The van der Waals surface area contributed by atoms with Crippen LogP contribution in [0.15, 0.2) is 36.4 Å². The molecule has 0 spiro atoms. The lowest BCUT2D eigenvalue weighted by atomic mass is 10.1. The molecule has 0 saturated carbocycles. The maximum atomic E-state index is 12.9. The second kappa shape index (κ2) is 6.56. The highest BCUT2D eigenvalue weighted by molar-refractivity contribution is 7.90. The summed E-state index contributed by atoms with van der Waals surface area (Å²) >= 11 is 0. The number of alkyl halides is 3. The van der Waals surface area contributed by atoms with Crippen LogP contribution in [-0.4, -0.2) is 40.2 Å². The Labute approximate surface area is 146 Å². The lowest BCUT2D eigenvalue weighted by Gasteiger charge is -2.08. The van der Waals surface area contributed by atoms with Crippen LogP contribution in [0.1, 0.15) is 11.4 Å². The van der Waals surface area contributed by atoms with E-state index in [4.69, 9.17) is 0 Å². The van der Waals surface area contributed by atoms with Gasteiger partial charge in [-0.3, -0.25) is 0 Å². The number of benzene rings is 1. The number of nitrogens with zero attached hydrogens (tertiary/aromatic N) is 4. The van der Waals surface area contributed by atoms with E-state index in [1.54, 1.807) is 24.3 Å². The van der Waals surface area contributed by atoms with E-state index in [2.05, 4.69) is 20.6 Å². The number of rotatable bonds is 5. The molecule has 0 fully saturated rings. The summed E-state index contributed by atoms with van der Waals surface area (Å²) in [5.41, 5.74) is 1.42. The first kappa shape index (κ1) is 18.1. The molecule has 3 rings (SSSR count). The first-order valence-electron chi connectivity index (χ1n) is 7.45. The highest BCUT2D eigenvalue weighted by Gasteiger charge is 2.37. The van der Waals surface area contributed by atoms with Crippen LogP contribution in [0.3, 0.4) is 0 Å². The van der Waals surface area contributed by atoms with Crippen molar-refractivity contribution in [3.8, 4) is 0 Å². The lowest BCUT2D eigenvalue weighted by Crippen LogP contribution is -2.13. The Morgan fingerprint density at radius 1 is 1.08 bits per heavy atom. The van der Waals surface area contributed by atoms with Gasteiger partial charge in [0.25, 0.3) is 5.82 Å². The molecule has 0 atom stereocenters. The standard InChI is InChI=1S/C15H14F3N5O2S/c1-26(24,25)9-8-10-2-4-11(5-3-10)19-12-6-7-13-20-21-14(15(16,17)18)23(13)22-12/h2-7H,8-9H2,1H3,(H,19,22). The molecule has 0 unspecified atom stereocenters. The van der Waals surface area contributed by atoms with Gasteiger partial charge in [-0.2, -0.15) is 17.7 Å². The van der Waals surface area contributed by atoms with Gasteiger partial charge in [-0.05, 0) is 36.2 Å². The second-order valence-corrected chi connectivity index (χ2v) is 7.97. The minimum absolute atomic E-state index is 0.0148. The maximum Gasteiger partial charge on any atom is 0.453 e. The first-order valence-corrected chi connectivity index (χ1v) is 9.51. The average molecular weight is 385 g/mol. The van der Waals surface area contributed by atoms with Gasteiger partial charge in [0, 0.05) is 11.9 Å². The van der Waals surface area contributed by atoms with Crippen LogP contribution in [0.4, 0.5) is 24.7 Å². The second-order valence-electron chi connectivity index (χ2n) is 5.71. The zero-order valence-corrected chi connectivity index (χ0v) is 14.3. The smallest absolute Gasteiger partial charge is 0.339 e. The quantitative estimate of drug-likeness (QED) is 0.726. The average Bonchev–Trinajstić information content (AvgIpc) is 2.97. The van der Waals surface area contributed by atoms with Crippen molar-refractivity contribution >= 4 is 27.0 Å². The molecule has 138 valence electrons. The largest absolute Gasteiger partial charge is 0.453 e. The number of fused-ring (bicyclic) bond motifs is 1. The van der Waals surface area contributed by atoms with E-state index in [0.29, 0.717) is 16.6 Å². The number of hydrogen-bond acceptors (Lipinski definition) is 6. The Balaban J connectivity index is 1.78. The fourth-order valence-corrected chi connectivity index (χ4v) is 2.84. The molecule has 7 nitrogen and oxygen atoms in total. The van der Waals surface area contributed by atoms with Gasteiger partial charge in [0.2, 0.25) is 0 Å². The van der Waals surface area contributed by atoms with Gasteiger partial charge in [-0.25, -0.2) is 8.42 Å². The molecule has 0 amide bonds. The summed E-state index contributed by atoms with van der Waals surface area (Å²) in [5.74, 6) is -0.967. The van der Waals surface area contributed by atoms with Gasteiger partial charge in [-0.1, -0.05) is 12.1 Å². The molecule has 2 aromatic heterocycles. The van der Waals surface area contributed by atoms with Crippen LogP contribution in [-0.2, 0) is 22.4 Å². The summed E-state index contributed by atoms with van der Waals surface area (Å²) < 4.78 is 61.6. The molecule has 1 N–H and O–H groups in total. The number of sulfone groups is 1. The van der Waals surface area contributed by atoms with Gasteiger partial charge in [-0.15, -0.1) is 15.3 Å². The zero-order chi connectivity index (χ0) is 18.9. The highest BCUT2D eigenvalue weighted by Crippen LogP contribution is 2.27. The van der Waals surface area contributed by atoms with Crippen molar-refractivity contribution in [3.05, 3.63) is 47.8 Å². The number of aromatic nitrogens is 4. The number of hydrogen-bond donors (Lipinski definition) is 1. The van der Waals surface area contributed by atoms with Crippen LogP contribution >= 0.6 is 0 Å². The predicted octanol–water partition coefficient (Wildman–Crippen LogP) is 2.47. The van der Waals surface area contributed by atoms with Crippen LogP contribution in [0.2, 0.25) is 0 Å². The minimum atomic E-state index is -4.66. The third-order valence-corrected chi connectivity index (χ3v) is 4.45. The molecular weight excluding hydrogens is 371 g/mol. The molecule has 0 aliphatic heterocycles. The van der Waals surface area contributed by atoms with Crippen LogP contribution in [0.5, 0.6) is 0 Å². The van der Waals surface area contributed by atoms with E-state index >= 15 is 0 Å². The zero-order valence-electron chi connectivity index (χ0n) is 13.5. The molecule has 1 aromatic carbocycles. The fourth-order valence-electron chi connectivity index (χ4n) is 2.24. The third kappa shape index (κ3) is 4.28. The third-order valence-electron chi connectivity index (χ3n) is 3.50. The van der Waals surface area contributed by atoms with Gasteiger partial charge in [0.15, 0.2) is 11.5 Å². The Bertz CT molecular complexity index is 1030. The number of aryl methyl sites for hydroxylation is 1. The fraction of sp³-hybridized carbons (Fsp3) is 0.267. The topological polar surface area (TPSA) is 89.2 Å². The molecular formula is C15H14F3N5O2S. The van der Waals surface area contributed by atoms with Crippen molar-refractivity contribution in [1.29, 1.82) is 0 Å². The molecule has 0 radical (unpaired) electrons. The lowest BCUT2D eigenvalue weighted by molar-refractivity contribution is -0.146. The Hall–Kier alpha value is -2.69. The number of nitrogens with one attached hydrogen (secondary N) is 1. The highest BCUT2D eigenvalue weighted by atomic mass is 32.2. The molecule has 0 saturated heterocycles. The van der Waals surface area contributed by atoms with Crippen molar-refractivity contribution in [1.82, 2.24) is 19.8 Å². The van der Waals surface area contributed by atoms with Gasteiger partial charge in [0.05, 0.1) is 5.75 Å². The van der Waals surface area contributed by atoms with Crippen molar-refractivity contribution in [2.75, 3.05) is 17.3 Å². The van der Waals surface area contributed by atoms with Crippen molar-refractivity contribution in [3.63, 3.8) is 0 Å². The van der Waals surface area contributed by atoms with E-state index in [0.717, 1.165) is 5.56 Å². The Kier molecular flexibility index (Phi) is 4.57. The Morgan fingerprint density at radius 2 is 1.77 bits per heavy atom. The minimum Gasteiger partial charge on any atom is -0.339 e. The molecule has 26 heavy (non-hydrogen) atoms. The molecule has 0 aliphatic carbocycles. The summed E-state index contributed by atoms with van der Waals surface area (Å²) in [7, 11) is -3.04. The van der Waals surface area contributed by atoms with E-state index in [1.807, 2.05) is 0 Å². The molecule has 2 heterocycles. The van der Waals surface area contributed by atoms with Crippen LogP contribution in [0, 0.1) is 0 Å².